The zero-order chi connectivity index (χ0) is 11.4. The summed E-state index contributed by atoms with van der Waals surface area (Å²) >= 11 is 1.35. The summed E-state index contributed by atoms with van der Waals surface area (Å²) in [6.45, 7) is 3.71. The molecule has 0 unspecified atom stereocenters. The van der Waals surface area contributed by atoms with Gasteiger partial charge in [0.05, 0.1) is 4.88 Å². The molecule has 0 N–H and O–H groups in total. The largest absolute Gasteiger partial charge is 0.297 e. The second-order valence-electron chi connectivity index (χ2n) is 3.19. The number of hydrogen-bond donors (Lipinski definition) is 0. The molecule has 80 valence electrons. The molecule has 2 heterocycles. The fraction of sp³-hybridized carbons (Fsp3) is 0.0833. The van der Waals surface area contributed by atoms with Crippen molar-refractivity contribution in [3.63, 3.8) is 0 Å². The first-order valence-electron chi connectivity index (χ1n) is 4.81. The zero-order valence-corrected chi connectivity index (χ0v) is 9.41. The van der Waals surface area contributed by atoms with E-state index in [-0.39, 0.29) is 0 Å². The zero-order valence-electron chi connectivity index (χ0n) is 8.59. The summed E-state index contributed by atoms with van der Waals surface area (Å²) in [6.07, 6.45) is 6.68. The molecule has 0 bridgehead atoms. The van der Waals surface area contributed by atoms with Crippen molar-refractivity contribution in [2.45, 2.75) is 6.42 Å². The van der Waals surface area contributed by atoms with Crippen molar-refractivity contribution in [1.29, 1.82) is 0 Å². The first-order valence-corrected chi connectivity index (χ1v) is 5.63. The molecule has 3 nitrogen and oxygen atoms in total. The summed E-state index contributed by atoms with van der Waals surface area (Å²) in [5.41, 5.74) is 1.91. The normalized spacial score (nSPS) is 10.0. The summed E-state index contributed by atoms with van der Waals surface area (Å²) in [6, 6.07) is 3.88. The second-order valence-corrected chi connectivity index (χ2v) is 4.25. The van der Waals surface area contributed by atoms with Crippen molar-refractivity contribution in [2.24, 2.45) is 0 Å². The highest BCUT2D eigenvalue weighted by atomic mass is 32.1. The molecule has 0 atom stereocenters. The lowest BCUT2D eigenvalue weighted by Crippen LogP contribution is -1.90. The van der Waals surface area contributed by atoms with Crippen LogP contribution in [-0.2, 0) is 6.42 Å². The number of nitrogens with zero attached hydrogens (tertiary/aromatic N) is 2. The molecule has 0 fully saturated rings. The SMILES string of the molecule is C=CCc1cccnc1-c1ncc(C=O)s1. The molecule has 0 aliphatic rings. The summed E-state index contributed by atoms with van der Waals surface area (Å²) < 4.78 is 0. The van der Waals surface area contributed by atoms with E-state index in [2.05, 4.69) is 16.5 Å². The van der Waals surface area contributed by atoms with Gasteiger partial charge in [0.15, 0.2) is 6.29 Å². The standard InChI is InChI=1S/C12H10N2OS/c1-2-4-9-5-3-6-13-11(9)12-14-7-10(8-15)16-12/h2-3,5-8H,1,4H2. The van der Waals surface area contributed by atoms with Gasteiger partial charge in [-0.2, -0.15) is 0 Å². The molecule has 4 heteroatoms. The predicted molar refractivity (Wildman–Crippen MR) is 64.6 cm³/mol. The second kappa shape index (κ2) is 4.81. The van der Waals surface area contributed by atoms with E-state index in [9.17, 15) is 4.79 Å². The van der Waals surface area contributed by atoms with E-state index in [1.54, 1.807) is 12.4 Å². The molecule has 2 rings (SSSR count). The van der Waals surface area contributed by atoms with Crippen molar-refractivity contribution in [1.82, 2.24) is 9.97 Å². The Morgan fingerprint density at radius 3 is 3.00 bits per heavy atom. The number of hydrogen-bond acceptors (Lipinski definition) is 4. The van der Waals surface area contributed by atoms with Crippen LogP contribution in [0.2, 0.25) is 0 Å². The van der Waals surface area contributed by atoms with Gasteiger partial charge in [0.2, 0.25) is 0 Å². The van der Waals surface area contributed by atoms with E-state index in [1.165, 1.54) is 11.3 Å². The van der Waals surface area contributed by atoms with Crippen molar-refractivity contribution in [2.75, 3.05) is 0 Å². The van der Waals surface area contributed by atoms with E-state index in [4.69, 9.17) is 0 Å². The summed E-state index contributed by atoms with van der Waals surface area (Å²) in [4.78, 5) is 19.7. The summed E-state index contributed by atoms with van der Waals surface area (Å²) in [7, 11) is 0. The molecule has 0 aliphatic heterocycles. The van der Waals surface area contributed by atoms with Crippen LogP contribution in [0.25, 0.3) is 10.7 Å². The Morgan fingerprint density at radius 2 is 2.31 bits per heavy atom. The highest BCUT2D eigenvalue weighted by Crippen LogP contribution is 2.25. The maximum atomic E-state index is 10.6. The molecule has 0 saturated heterocycles. The van der Waals surface area contributed by atoms with Gasteiger partial charge >= 0.3 is 0 Å². The minimum Gasteiger partial charge on any atom is -0.297 e. The van der Waals surface area contributed by atoms with Crippen LogP contribution in [0.4, 0.5) is 0 Å². The van der Waals surface area contributed by atoms with Gasteiger partial charge in [0, 0.05) is 12.4 Å². The maximum Gasteiger partial charge on any atom is 0.161 e. The van der Waals surface area contributed by atoms with Crippen LogP contribution < -0.4 is 0 Å². The third-order valence-corrected chi connectivity index (χ3v) is 3.03. The third kappa shape index (κ3) is 2.06. The average Bonchev–Trinajstić information content (AvgIpc) is 2.79. The van der Waals surface area contributed by atoms with E-state index < -0.39 is 0 Å². The fourth-order valence-corrected chi connectivity index (χ4v) is 2.16. The van der Waals surface area contributed by atoms with Gasteiger partial charge < -0.3 is 0 Å². The molecule has 0 amide bonds. The molecule has 2 aromatic rings. The van der Waals surface area contributed by atoms with Crippen molar-refractivity contribution in [3.8, 4) is 10.7 Å². The number of rotatable bonds is 4. The average molecular weight is 230 g/mol. The number of carbonyl (C=O) groups is 1. The van der Waals surface area contributed by atoms with E-state index in [0.717, 1.165) is 29.0 Å². The van der Waals surface area contributed by atoms with E-state index in [1.807, 2.05) is 18.2 Å². The first kappa shape index (κ1) is 10.7. The number of pyridine rings is 1. The minimum absolute atomic E-state index is 0.616. The lowest BCUT2D eigenvalue weighted by Gasteiger charge is -2.02. The molecule has 0 radical (unpaired) electrons. The summed E-state index contributed by atoms with van der Waals surface area (Å²) in [5.74, 6) is 0. The number of allylic oxidation sites excluding steroid dienone is 1. The number of aromatic nitrogens is 2. The van der Waals surface area contributed by atoms with Gasteiger partial charge in [0.25, 0.3) is 0 Å². The minimum atomic E-state index is 0.616. The Hall–Kier alpha value is -1.81. The Morgan fingerprint density at radius 1 is 1.44 bits per heavy atom. The van der Waals surface area contributed by atoms with Gasteiger partial charge in [-0.05, 0) is 18.1 Å². The molecule has 0 spiro atoms. The van der Waals surface area contributed by atoms with Crippen LogP contribution in [-0.4, -0.2) is 16.3 Å². The van der Waals surface area contributed by atoms with Crippen LogP contribution in [0.1, 0.15) is 15.2 Å². The number of aldehydes is 1. The van der Waals surface area contributed by atoms with Crippen molar-refractivity contribution in [3.05, 3.63) is 47.6 Å². The maximum absolute atomic E-state index is 10.6. The smallest absolute Gasteiger partial charge is 0.161 e. The summed E-state index contributed by atoms with van der Waals surface area (Å²) in [5, 5.41) is 0.777. The molecule has 2 aromatic heterocycles. The topological polar surface area (TPSA) is 42.9 Å². The Kier molecular flexibility index (Phi) is 3.22. The highest BCUT2D eigenvalue weighted by Gasteiger charge is 2.09. The van der Waals surface area contributed by atoms with Gasteiger partial charge in [0.1, 0.15) is 10.7 Å². The number of carbonyl (C=O) groups excluding carboxylic acids is 1. The van der Waals surface area contributed by atoms with Crippen LogP contribution >= 0.6 is 11.3 Å². The molecular formula is C12H10N2OS. The monoisotopic (exact) mass is 230 g/mol. The van der Waals surface area contributed by atoms with Crippen LogP contribution in [0.15, 0.2) is 37.2 Å². The van der Waals surface area contributed by atoms with Gasteiger partial charge in [-0.3, -0.25) is 9.78 Å². The van der Waals surface area contributed by atoms with Gasteiger partial charge in [-0.1, -0.05) is 12.1 Å². The fourth-order valence-electron chi connectivity index (χ4n) is 1.40. The highest BCUT2D eigenvalue weighted by molar-refractivity contribution is 7.16. The Labute approximate surface area is 97.5 Å². The predicted octanol–water partition coefficient (Wildman–Crippen LogP) is 2.75. The van der Waals surface area contributed by atoms with Crippen LogP contribution in [0.5, 0.6) is 0 Å². The molecule has 0 aliphatic carbocycles. The lowest BCUT2D eigenvalue weighted by atomic mass is 10.1. The number of thiazole rings is 1. The first-order chi connectivity index (χ1) is 7.85. The molecule has 0 aromatic carbocycles. The van der Waals surface area contributed by atoms with Crippen LogP contribution in [0, 0.1) is 0 Å². The quantitative estimate of drug-likeness (QED) is 0.599. The van der Waals surface area contributed by atoms with E-state index in [0.29, 0.717) is 4.88 Å². The Bertz CT molecular complexity index is 519. The van der Waals surface area contributed by atoms with Crippen molar-refractivity contribution < 1.29 is 4.79 Å². The third-order valence-electron chi connectivity index (χ3n) is 2.10. The Balaban J connectivity index is 2.45. The van der Waals surface area contributed by atoms with Gasteiger partial charge in [-0.25, -0.2) is 4.98 Å². The van der Waals surface area contributed by atoms with E-state index >= 15 is 0 Å². The molecule has 16 heavy (non-hydrogen) atoms. The van der Waals surface area contributed by atoms with Crippen molar-refractivity contribution >= 4 is 17.6 Å². The van der Waals surface area contributed by atoms with Crippen LogP contribution in [0.3, 0.4) is 0 Å². The lowest BCUT2D eigenvalue weighted by molar-refractivity contribution is 0.112. The molecule has 0 saturated carbocycles. The molecular weight excluding hydrogens is 220 g/mol. The van der Waals surface area contributed by atoms with Gasteiger partial charge in [-0.15, -0.1) is 17.9 Å².